The van der Waals surface area contributed by atoms with Crippen molar-refractivity contribution in [3.63, 3.8) is 0 Å². The van der Waals surface area contributed by atoms with Crippen molar-refractivity contribution in [3.8, 4) is 5.75 Å². The number of alkyl halides is 3. The fourth-order valence-electron chi connectivity index (χ4n) is 2.03. The van der Waals surface area contributed by atoms with E-state index in [0.717, 1.165) is 25.0 Å². The number of hydrogen-bond donors (Lipinski definition) is 2. The van der Waals surface area contributed by atoms with Crippen molar-refractivity contribution in [2.45, 2.75) is 25.2 Å². The summed E-state index contributed by atoms with van der Waals surface area (Å²) >= 11 is 0. The van der Waals surface area contributed by atoms with Gasteiger partial charge in [-0.05, 0) is 31.0 Å². The van der Waals surface area contributed by atoms with E-state index in [1.165, 1.54) is 6.07 Å². The molecule has 1 aliphatic heterocycles. The number of halogens is 3. The van der Waals surface area contributed by atoms with E-state index in [2.05, 4.69) is 10.1 Å². The Hall–Kier alpha value is -1.96. The second-order valence-electron chi connectivity index (χ2n) is 4.69. The highest BCUT2D eigenvalue weighted by atomic mass is 19.4. The minimum absolute atomic E-state index is 0.0985. The van der Waals surface area contributed by atoms with Gasteiger partial charge >= 0.3 is 6.36 Å². The highest BCUT2D eigenvalue weighted by Crippen LogP contribution is 2.29. The summed E-state index contributed by atoms with van der Waals surface area (Å²) in [5, 5.41) is 2.75. The normalized spacial score (nSPS) is 19.1. The summed E-state index contributed by atoms with van der Waals surface area (Å²) in [6, 6.07) is 3.31. The van der Waals surface area contributed by atoms with Crippen LogP contribution in [-0.2, 0) is 4.74 Å². The molecule has 2 rings (SSSR count). The summed E-state index contributed by atoms with van der Waals surface area (Å²) in [4.78, 5) is 12.0. The van der Waals surface area contributed by atoms with Gasteiger partial charge in [-0.15, -0.1) is 13.2 Å². The summed E-state index contributed by atoms with van der Waals surface area (Å²) < 4.78 is 45.3. The van der Waals surface area contributed by atoms with Crippen molar-refractivity contribution in [1.29, 1.82) is 0 Å². The average Bonchev–Trinajstić information content (AvgIpc) is 2.40. The van der Waals surface area contributed by atoms with Crippen LogP contribution in [0.25, 0.3) is 0 Å². The lowest BCUT2D eigenvalue weighted by Gasteiger charge is -2.23. The highest BCUT2D eigenvalue weighted by molar-refractivity contribution is 5.95. The number of ether oxygens (including phenoxy) is 2. The Labute approximate surface area is 119 Å². The van der Waals surface area contributed by atoms with Crippen LogP contribution in [0.1, 0.15) is 23.2 Å². The molecule has 1 heterocycles. The molecule has 1 saturated heterocycles. The number of benzene rings is 1. The number of rotatable bonds is 3. The van der Waals surface area contributed by atoms with Gasteiger partial charge in [-0.2, -0.15) is 0 Å². The molecule has 21 heavy (non-hydrogen) atoms. The molecule has 8 heteroatoms. The number of anilines is 1. The molecule has 3 N–H and O–H groups in total. The smallest absolute Gasteiger partial charge is 0.404 e. The van der Waals surface area contributed by atoms with Gasteiger partial charge in [-0.25, -0.2) is 0 Å². The first-order valence-corrected chi connectivity index (χ1v) is 6.39. The predicted molar refractivity (Wildman–Crippen MR) is 68.8 cm³/mol. The minimum Gasteiger partial charge on any atom is -0.404 e. The maximum atomic E-state index is 12.1. The molecule has 0 bridgehead atoms. The summed E-state index contributed by atoms with van der Waals surface area (Å²) in [6.07, 6.45) is -3.17. The molecule has 1 aromatic carbocycles. The van der Waals surface area contributed by atoms with Gasteiger partial charge in [0, 0.05) is 12.2 Å². The average molecular weight is 304 g/mol. The lowest BCUT2D eigenvalue weighted by molar-refractivity contribution is -0.274. The molecule has 0 spiro atoms. The Bertz CT molecular complexity index is 514. The van der Waals surface area contributed by atoms with E-state index >= 15 is 0 Å². The fraction of sp³-hybridized carbons (Fsp3) is 0.462. The number of nitrogens with one attached hydrogen (secondary N) is 1. The first-order chi connectivity index (χ1) is 9.85. The van der Waals surface area contributed by atoms with Crippen LogP contribution in [0.5, 0.6) is 5.75 Å². The second kappa shape index (κ2) is 6.21. The maximum Gasteiger partial charge on any atom is 0.573 e. The molecular formula is C13H15F3N2O3. The van der Waals surface area contributed by atoms with Crippen LogP contribution in [-0.4, -0.2) is 31.5 Å². The van der Waals surface area contributed by atoms with E-state index in [0.29, 0.717) is 13.2 Å². The zero-order chi connectivity index (χ0) is 15.5. The standard InChI is InChI=1S/C13H15F3N2O3/c14-13(15,16)21-11-4-3-8(6-10(11)17)12(19)18-9-2-1-5-20-7-9/h3-4,6,9H,1-2,5,7,17H2,(H,18,19). The Morgan fingerprint density at radius 2 is 2.19 bits per heavy atom. The van der Waals surface area contributed by atoms with E-state index in [1.54, 1.807) is 0 Å². The Balaban J connectivity index is 2.03. The number of hydrogen-bond acceptors (Lipinski definition) is 4. The van der Waals surface area contributed by atoms with Crippen molar-refractivity contribution in [3.05, 3.63) is 23.8 Å². The van der Waals surface area contributed by atoms with Crippen LogP contribution < -0.4 is 15.8 Å². The van der Waals surface area contributed by atoms with Crippen LogP contribution in [0, 0.1) is 0 Å². The molecule has 116 valence electrons. The molecule has 0 aliphatic carbocycles. The first kappa shape index (κ1) is 15.4. The number of nitrogens with two attached hydrogens (primary N) is 1. The predicted octanol–water partition coefficient (Wildman–Crippen LogP) is 2.08. The van der Waals surface area contributed by atoms with Gasteiger partial charge < -0.3 is 20.5 Å². The van der Waals surface area contributed by atoms with E-state index in [9.17, 15) is 18.0 Å². The summed E-state index contributed by atoms with van der Waals surface area (Å²) in [5.41, 5.74) is 5.39. The number of amides is 1. The molecular weight excluding hydrogens is 289 g/mol. The second-order valence-corrected chi connectivity index (χ2v) is 4.69. The lowest BCUT2D eigenvalue weighted by atomic mass is 10.1. The van der Waals surface area contributed by atoms with Crippen LogP contribution in [0.3, 0.4) is 0 Å². The molecule has 0 saturated carbocycles. The van der Waals surface area contributed by atoms with Gasteiger partial charge in [0.15, 0.2) is 5.75 Å². The van der Waals surface area contributed by atoms with Gasteiger partial charge in [0.05, 0.1) is 18.3 Å². The zero-order valence-corrected chi connectivity index (χ0v) is 11.1. The fourth-order valence-corrected chi connectivity index (χ4v) is 2.03. The minimum atomic E-state index is -4.82. The molecule has 0 aromatic heterocycles. The Morgan fingerprint density at radius 3 is 2.76 bits per heavy atom. The van der Waals surface area contributed by atoms with Gasteiger partial charge in [0.1, 0.15) is 0 Å². The van der Waals surface area contributed by atoms with E-state index < -0.39 is 18.0 Å². The number of carbonyl (C=O) groups excluding carboxylic acids is 1. The zero-order valence-electron chi connectivity index (χ0n) is 11.1. The van der Waals surface area contributed by atoms with Crippen molar-refractivity contribution >= 4 is 11.6 Å². The first-order valence-electron chi connectivity index (χ1n) is 6.39. The van der Waals surface area contributed by atoms with E-state index in [-0.39, 0.29) is 17.3 Å². The van der Waals surface area contributed by atoms with Crippen molar-refractivity contribution in [2.75, 3.05) is 18.9 Å². The molecule has 1 aromatic rings. The Morgan fingerprint density at radius 1 is 1.43 bits per heavy atom. The van der Waals surface area contributed by atoms with Crippen LogP contribution in [0.2, 0.25) is 0 Å². The van der Waals surface area contributed by atoms with Crippen LogP contribution in [0.4, 0.5) is 18.9 Å². The lowest BCUT2D eigenvalue weighted by Crippen LogP contribution is -2.40. The summed E-state index contributed by atoms with van der Waals surface area (Å²) in [6.45, 7) is 1.10. The van der Waals surface area contributed by atoms with Crippen molar-refractivity contribution < 1.29 is 27.4 Å². The summed E-state index contributed by atoms with van der Waals surface area (Å²) in [7, 11) is 0. The van der Waals surface area contributed by atoms with Gasteiger partial charge in [0.25, 0.3) is 5.91 Å². The maximum absolute atomic E-state index is 12.1. The van der Waals surface area contributed by atoms with Gasteiger partial charge in [-0.1, -0.05) is 0 Å². The van der Waals surface area contributed by atoms with E-state index in [4.69, 9.17) is 10.5 Å². The third-order valence-corrected chi connectivity index (χ3v) is 2.99. The van der Waals surface area contributed by atoms with Gasteiger partial charge in [0.2, 0.25) is 0 Å². The molecule has 1 amide bonds. The third kappa shape index (κ3) is 4.52. The van der Waals surface area contributed by atoms with Crippen molar-refractivity contribution in [2.24, 2.45) is 0 Å². The summed E-state index contributed by atoms with van der Waals surface area (Å²) in [5.74, 6) is -0.934. The number of nitrogen functional groups attached to an aromatic ring is 1. The molecule has 1 atom stereocenters. The molecule has 1 fully saturated rings. The topological polar surface area (TPSA) is 73.6 Å². The third-order valence-electron chi connectivity index (χ3n) is 2.99. The van der Waals surface area contributed by atoms with Crippen LogP contribution >= 0.6 is 0 Å². The molecule has 0 radical (unpaired) electrons. The molecule has 5 nitrogen and oxygen atoms in total. The van der Waals surface area contributed by atoms with Crippen molar-refractivity contribution in [1.82, 2.24) is 5.32 Å². The van der Waals surface area contributed by atoms with Crippen LogP contribution in [0.15, 0.2) is 18.2 Å². The quantitative estimate of drug-likeness (QED) is 0.839. The van der Waals surface area contributed by atoms with E-state index in [1.807, 2.05) is 0 Å². The SMILES string of the molecule is Nc1cc(C(=O)NC2CCCOC2)ccc1OC(F)(F)F. The van der Waals surface area contributed by atoms with Gasteiger partial charge in [-0.3, -0.25) is 4.79 Å². The monoisotopic (exact) mass is 304 g/mol. The number of carbonyl (C=O) groups is 1. The molecule has 1 aliphatic rings. The largest absolute Gasteiger partial charge is 0.573 e. The Kier molecular flexibility index (Phi) is 4.56. The molecule has 1 unspecified atom stereocenters. The highest BCUT2D eigenvalue weighted by Gasteiger charge is 2.32.